The fourth-order valence-corrected chi connectivity index (χ4v) is 4.21. The minimum absolute atomic E-state index is 0.0370. The lowest BCUT2D eigenvalue weighted by molar-refractivity contribution is -0.154. The minimum atomic E-state index is -1.80. The maximum atomic E-state index is 11.9. The number of aliphatic hydroxyl groups excluding tert-OH is 1. The van der Waals surface area contributed by atoms with E-state index in [1.165, 1.54) is 44.1 Å². The van der Waals surface area contributed by atoms with E-state index in [-0.39, 0.29) is 18.6 Å². The van der Waals surface area contributed by atoms with Crippen LogP contribution in [0.25, 0.3) is 0 Å². The number of carbonyl (C=O) groups excluding carboxylic acids is 1. The lowest BCUT2D eigenvalue weighted by Gasteiger charge is -2.15. The second-order valence-corrected chi connectivity index (χ2v) is 10.6. The molecule has 1 atom stereocenters. The fraction of sp³-hybridized carbons (Fsp3) is 0.667. The van der Waals surface area contributed by atoms with Crippen LogP contribution in [0.15, 0.2) is 30.3 Å². The van der Waals surface area contributed by atoms with Crippen LogP contribution < -0.4 is 4.89 Å². The van der Waals surface area contributed by atoms with Crippen LogP contribution >= 0.6 is 7.77 Å². The number of carbonyl (C=O) groups is 2. The molecule has 0 saturated heterocycles. The standard InChI is InChI=1S/C17H24NO4P.C6H12.C4H10O2/c1-2-3-12-18(17(20)21)16(19)14-23(22)13-8-7-11-15-9-5-4-6-10-15;1-2-4-6-5-3-1;1-3(2)4(5)6/h4-6,9-10,13H,2-3,7-8,11-12,14H2,1H3,(H,20,21);1-6H2;3-6H,1-2H3. The van der Waals surface area contributed by atoms with E-state index in [0.717, 1.165) is 24.2 Å². The average Bonchev–Trinajstić information content (AvgIpc) is 2.84. The molecule has 0 radical (unpaired) electrons. The molecule has 0 aromatic heterocycles. The van der Waals surface area contributed by atoms with E-state index in [2.05, 4.69) is 0 Å². The van der Waals surface area contributed by atoms with Crippen molar-refractivity contribution in [1.82, 2.24) is 4.90 Å². The van der Waals surface area contributed by atoms with Gasteiger partial charge in [-0.25, -0.2) is 9.69 Å². The van der Waals surface area contributed by atoms with Crippen molar-refractivity contribution < 1.29 is 29.8 Å². The summed E-state index contributed by atoms with van der Waals surface area (Å²) in [5, 5.41) is 25.4. The van der Waals surface area contributed by atoms with Crippen molar-refractivity contribution in [2.45, 2.75) is 97.7 Å². The number of imide groups is 1. The number of unbranched alkanes of at least 4 members (excludes halogenated alkanes) is 2. The highest BCUT2D eigenvalue weighted by molar-refractivity contribution is 7.51. The Labute approximate surface area is 212 Å². The monoisotopic (exact) mass is 511 g/mol. The number of hydrogen-bond acceptors (Lipinski definition) is 5. The Kier molecular flexibility index (Phi) is 20.4. The predicted molar refractivity (Wildman–Crippen MR) is 143 cm³/mol. The molecule has 0 heterocycles. The molecule has 0 spiro atoms. The van der Waals surface area contributed by atoms with Crippen molar-refractivity contribution >= 4 is 25.6 Å². The van der Waals surface area contributed by atoms with E-state index in [4.69, 9.17) is 15.3 Å². The van der Waals surface area contributed by atoms with Crippen molar-refractivity contribution in [2.24, 2.45) is 5.92 Å². The number of carboxylic acid groups (broad SMARTS) is 1. The molecule has 8 heteroatoms. The van der Waals surface area contributed by atoms with Crippen molar-refractivity contribution in [2.75, 3.05) is 12.7 Å². The van der Waals surface area contributed by atoms with Gasteiger partial charge in [-0.3, -0.25) is 4.79 Å². The number of rotatable bonds is 10. The van der Waals surface area contributed by atoms with E-state index < -0.39 is 26.1 Å². The molecule has 1 unspecified atom stereocenters. The Hall–Kier alpha value is -1.79. The molecule has 1 saturated carbocycles. The number of aryl methyl sites for hydroxylation is 1. The highest BCUT2D eigenvalue weighted by atomic mass is 31.1. The molecule has 0 aliphatic heterocycles. The average molecular weight is 512 g/mol. The maximum Gasteiger partial charge on any atom is 0.414 e. The highest BCUT2D eigenvalue weighted by Gasteiger charge is 2.22. The van der Waals surface area contributed by atoms with Crippen LogP contribution in [0.2, 0.25) is 0 Å². The lowest BCUT2D eigenvalue weighted by atomic mass is 10.0. The third-order valence-electron chi connectivity index (χ3n) is 5.50. The van der Waals surface area contributed by atoms with E-state index in [0.29, 0.717) is 12.8 Å². The summed E-state index contributed by atoms with van der Waals surface area (Å²) in [6.45, 7) is 5.57. The van der Waals surface area contributed by atoms with Gasteiger partial charge in [-0.05, 0) is 24.8 Å². The lowest BCUT2D eigenvalue weighted by Crippen LogP contribution is -2.38. The highest BCUT2D eigenvalue weighted by Crippen LogP contribution is 2.15. The van der Waals surface area contributed by atoms with Crippen LogP contribution in [-0.2, 0) is 11.2 Å². The van der Waals surface area contributed by atoms with E-state index >= 15 is 0 Å². The normalized spacial score (nSPS) is 13.4. The smallest absolute Gasteiger partial charge is 0.414 e. The molecule has 3 N–H and O–H groups in total. The summed E-state index contributed by atoms with van der Waals surface area (Å²) < 4.78 is 0. The molecule has 2 amide bonds. The van der Waals surface area contributed by atoms with Gasteiger partial charge in [-0.2, -0.15) is 0 Å². The zero-order chi connectivity index (χ0) is 26.5. The Morgan fingerprint density at radius 3 is 1.97 bits per heavy atom. The summed E-state index contributed by atoms with van der Waals surface area (Å²) in [5.41, 5.74) is 1.23. The van der Waals surface area contributed by atoms with Crippen molar-refractivity contribution in [3.63, 3.8) is 0 Å². The van der Waals surface area contributed by atoms with Crippen LogP contribution in [0.3, 0.4) is 0 Å². The molecule has 2 rings (SSSR count). The number of amides is 2. The Balaban J connectivity index is 0.000000781. The Bertz CT molecular complexity index is 687. The zero-order valence-electron chi connectivity index (χ0n) is 21.8. The van der Waals surface area contributed by atoms with Crippen LogP contribution in [0.5, 0.6) is 0 Å². The van der Waals surface area contributed by atoms with Gasteiger partial charge >= 0.3 is 6.09 Å². The molecule has 1 aromatic carbocycles. The van der Waals surface area contributed by atoms with Gasteiger partial charge in [0.2, 0.25) is 0 Å². The van der Waals surface area contributed by atoms with Crippen molar-refractivity contribution in [3.05, 3.63) is 35.9 Å². The summed E-state index contributed by atoms with van der Waals surface area (Å²) in [6.07, 6.45) is 10.2. The number of benzene rings is 1. The SMILES string of the molecule is C1CCCCC1.CC(C)C(O)O.CCCCN(C(=O)O)C(=O)C/[P+]([O-])=C/CCCc1ccccc1. The summed E-state index contributed by atoms with van der Waals surface area (Å²) in [6, 6.07) is 10.0. The van der Waals surface area contributed by atoms with Crippen LogP contribution in [0.4, 0.5) is 4.79 Å². The molecule has 1 aliphatic rings. The maximum absolute atomic E-state index is 11.9. The number of hydrogen-bond donors (Lipinski definition) is 3. The van der Waals surface area contributed by atoms with Crippen LogP contribution in [0.1, 0.15) is 90.5 Å². The zero-order valence-corrected chi connectivity index (χ0v) is 22.7. The van der Waals surface area contributed by atoms with Gasteiger partial charge in [-0.1, -0.05) is 96.0 Å². The first kappa shape index (κ1) is 33.2. The van der Waals surface area contributed by atoms with Gasteiger partial charge in [0.1, 0.15) is 0 Å². The van der Waals surface area contributed by atoms with Crippen LogP contribution in [-0.4, -0.2) is 57.0 Å². The predicted octanol–water partition coefficient (Wildman–Crippen LogP) is 5.17. The summed E-state index contributed by atoms with van der Waals surface area (Å²) >= 11 is 0. The molecule has 1 aliphatic carbocycles. The molecular formula is C27H46NO6P. The summed E-state index contributed by atoms with van der Waals surface area (Å²) in [5.74, 6) is 1.02. The van der Waals surface area contributed by atoms with Crippen molar-refractivity contribution in [1.29, 1.82) is 0 Å². The van der Waals surface area contributed by atoms with Crippen LogP contribution in [0, 0.1) is 5.92 Å². The first-order valence-corrected chi connectivity index (χ1v) is 14.4. The third-order valence-corrected chi connectivity index (χ3v) is 6.75. The van der Waals surface area contributed by atoms with E-state index in [1.54, 1.807) is 19.6 Å². The second-order valence-electron chi connectivity index (χ2n) is 9.10. The molecule has 1 fully saturated rings. The number of aliphatic hydroxyl groups is 2. The largest absolute Gasteiger partial charge is 0.630 e. The summed E-state index contributed by atoms with van der Waals surface area (Å²) in [7, 11) is -1.80. The van der Waals surface area contributed by atoms with Gasteiger partial charge in [0.05, 0.1) is 13.6 Å². The van der Waals surface area contributed by atoms with Gasteiger partial charge in [0, 0.05) is 18.9 Å². The Morgan fingerprint density at radius 1 is 1.03 bits per heavy atom. The van der Waals surface area contributed by atoms with Crippen molar-refractivity contribution in [3.8, 4) is 0 Å². The molecule has 35 heavy (non-hydrogen) atoms. The van der Waals surface area contributed by atoms with Gasteiger partial charge < -0.3 is 20.2 Å². The first-order chi connectivity index (χ1) is 16.7. The molecule has 0 bridgehead atoms. The summed E-state index contributed by atoms with van der Waals surface area (Å²) in [4.78, 5) is 35.6. The second kappa shape index (κ2) is 21.5. The van der Waals surface area contributed by atoms with E-state index in [1.807, 2.05) is 37.3 Å². The topological polar surface area (TPSA) is 121 Å². The first-order valence-electron chi connectivity index (χ1n) is 12.9. The Morgan fingerprint density at radius 2 is 1.54 bits per heavy atom. The van der Waals surface area contributed by atoms with Gasteiger partial charge in [0.25, 0.3) is 5.91 Å². The molecule has 7 nitrogen and oxygen atoms in total. The van der Waals surface area contributed by atoms with Gasteiger partial charge in [-0.15, -0.1) is 0 Å². The molecule has 1 aromatic rings. The number of nitrogens with zero attached hydrogens (tertiary/aromatic N) is 1. The quantitative estimate of drug-likeness (QED) is 0.226. The molecule has 200 valence electrons. The fourth-order valence-electron chi connectivity index (χ4n) is 3.17. The third kappa shape index (κ3) is 19.1. The molecular weight excluding hydrogens is 465 g/mol. The van der Waals surface area contributed by atoms with Gasteiger partial charge in [0.15, 0.2) is 12.5 Å². The van der Waals surface area contributed by atoms with E-state index in [9.17, 15) is 14.5 Å². The minimum Gasteiger partial charge on any atom is -0.630 e.